The lowest BCUT2D eigenvalue weighted by Crippen LogP contribution is -2.36. The van der Waals surface area contributed by atoms with E-state index >= 15 is 0 Å². The van der Waals surface area contributed by atoms with Crippen LogP contribution < -0.4 is 5.73 Å². The fourth-order valence-corrected chi connectivity index (χ4v) is 2.67. The van der Waals surface area contributed by atoms with Gasteiger partial charge < -0.3 is 15.4 Å². The number of benzene rings is 1. The second-order valence-electron chi connectivity index (χ2n) is 5.50. The molecule has 5 heteroatoms. The Kier molecular flexibility index (Phi) is 5.59. The van der Waals surface area contributed by atoms with Gasteiger partial charge in [-0.3, -0.25) is 9.69 Å². The number of nitrogens with zero attached hydrogens (tertiary/aromatic N) is 2. The van der Waals surface area contributed by atoms with Gasteiger partial charge in [0.05, 0.1) is 6.61 Å². The number of nitrogen functional groups attached to an aromatic ring is 1. The van der Waals surface area contributed by atoms with Crippen LogP contribution in [0.25, 0.3) is 0 Å². The van der Waals surface area contributed by atoms with Gasteiger partial charge in [0.15, 0.2) is 0 Å². The van der Waals surface area contributed by atoms with Gasteiger partial charge in [-0.05, 0) is 37.6 Å². The van der Waals surface area contributed by atoms with Crippen LogP contribution in [-0.4, -0.2) is 62.1 Å². The zero-order valence-corrected chi connectivity index (χ0v) is 13.0. The lowest BCUT2D eigenvalue weighted by atomic mass is 10.1. The Morgan fingerprint density at radius 3 is 2.86 bits per heavy atom. The van der Waals surface area contributed by atoms with E-state index in [-0.39, 0.29) is 5.91 Å². The zero-order chi connectivity index (χ0) is 15.2. The van der Waals surface area contributed by atoms with Crippen LogP contribution in [0, 0.1) is 6.92 Å². The second-order valence-corrected chi connectivity index (χ2v) is 5.50. The van der Waals surface area contributed by atoms with Gasteiger partial charge in [0.2, 0.25) is 0 Å². The molecule has 1 aliphatic rings. The van der Waals surface area contributed by atoms with Gasteiger partial charge in [-0.1, -0.05) is 6.07 Å². The molecule has 0 bridgehead atoms. The van der Waals surface area contributed by atoms with Gasteiger partial charge in [0.25, 0.3) is 5.91 Å². The largest absolute Gasteiger partial charge is 0.398 e. The highest BCUT2D eigenvalue weighted by Gasteiger charge is 2.21. The van der Waals surface area contributed by atoms with E-state index in [2.05, 4.69) is 4.90 Å². The minimum Gasteiger partial charge on any atom is -0.398 e. The number of amides is 1. The maximum atomic E-state index is 12.7. The lowest BCUT2D eigenvalue weighted by Gasteiger charge is -2.22. The molecule has 1 aromatic carbocycles. The van der Waals surface area contributed by atoms with Crippen molar-refractivity contribution in [1.82, 2.24) is 9.80 Å². The molecule has 21 heavy (non-hydrogen) atoms. The van der Waals surface area contributed by atoms with Crippen LogP contribution in [0.1, 0.15) is 22.3 Å². The second kappa shape index (κ2) is 7.43. The van der Waals surface area contributed by atoms with Crippen molar-refractivity contribution in [3.05, 3.63) is 29.3 Å². The summed E-state index contributed by atoms with van der Waals surface area (Å²) < 4.78 is 5.12. The van der Waals surface area contributed by atoms with Crippen LogP contribution in [-0.2, 0) is 4.74 Å². The average Bonchev–Trinajstić information content (AvgIpc) is 2.73. The number of rotatable bonds is 4. The summed E-state index contributed by atoms with van der Waals surface area (Å²) in [5.74, 6) is 0.0911. The van der Waals surface area contributed by atoms with E-state index in [0.717, 1.165) is 56.9 Å². The summed E-state index contributed by atoms with van der Waals surface area (Å²) >= 11 is 0. The summed E-state index contributed by atoms with van der Waals surface area (Å²) in [6, 6.07) is 5.54. The predicted octanol–water partition coefficient (Wildman–Crippen LogP) is 1.37. The molecule has 0 spiro atoms. The normalized spacial score (nSPS) is 16.8. The summed E-state index contributed by atoms with van der Waals surface area (Å²) in [6.07, 6.45) is 0.997. The molecule has 1 saturated heterocycles. The number of carbonyl (C=O) groups excluding carboxylic acids is 1. The molecular formula is C16H25N3O2. The highest BCUT2D eigenvalue weighted by atomic mass is 16.5. The molecule has 2 rings (SSSR count). The maximum absolute atomic E-state index is 12.7. The predicted molar refractivity (Wildman–Crippen MR) is 84.4 cm³/mol. The molecule has 2 N–H and O–H groups in total. The summed E-state index contributed by atoms with van der Waals surface area (Å²) in [5.41, 5.74) is 8.18. The van der Waals surface area contributed by atoms with Gasteiger partial charge in [-0.25, -0.2) is 0 Å². The molecule has 116 valence electrons. The zero-order valence-electron chi connectivity index (χ0n) is 13.0. The molecule has 0 unspecified atom stereocenters. The van der Waals surface area contributed by atoms with Crippen LogP contribution in [0.5, 0.6) is 0 Å². The van der Waals surface area contributed by atoms with Crippen LogP contribution in [0.3, 0.4) is 0 Å². The molecular weight excluding hydrogens is 266 g/mol. The number of hydrogen-bond donors (Lipinski definition) is 1. The molecule has 0 atom stereocenters. The minimum atomic E-state index is 0.0911. The fraction of sp³-hybridized carbons (Fsp3) is 0.562. The first-order valence-corrected chi connectivity index (χ1v) is 7.49. The van der Waals surface area contributed by atoms with Crippen molar-refractivity contribution < 1.29 is 9.53 Å². The molecule has 0 aliphatic carbocycles. The smallest absolute Gasteiger partial charge is 0.254 e. The number of anilines is 1. The van der Waals surface area contributed by atoms with Crippen LogP contribution in [0.2, 0.25) is 0 Å². The van der Waals surface area contributed by atoms with Gasteiger partial charge >= 0.3 is 0 Å². The molecule has 0 aromatic heterocycles. The third-order valence-corrected chi connectivity index (χ3v) is 4.09. The summed E-state index contributed by atoms with van der Waals surface area (Å²) in [4.78, 5) is 17.0. The Hall–Kier alpha value is -1.59. The SMILES string of the molecule is COCCN1CCCN(C(=O)c2cccc(N)c2C)CC1. The van der Waals surface area contributed by atoms with Crippen molar-refractivity contribution >= 4 is 11.6 Å². The first-order chi connectivity index (χ1) is 10.1. The standard InChI is InChI=1S/C16H25N3O2/c1-13-14(5-3-6-15(13)17)16(20)19-8-4-7-18(9-10-19)11-12-21-2/h3,5-6H,4,7-12,17H2,1-2H3. The maximum Gasteiger partial charge on any atom is 0.254 e. The first kappa shape index (κ1) is 15.8. The van der Waals surface area contributed by atoms with Gasteiger partial charge in [-0.2, -0.15) is 0 Å². The lowest BCUT2D eigenvalue weighted by molar-refractivity contribution is 0.0758. The van der Waals surface area contributed by atoms with Gasteiger partial charge in [0, 0.05) is 44.5 Å². The monoisotopic (exact) mass is 291 g/mol. The number of ether oxygens (including phenoxy) is 1. The van der Waals surface area contributed by atoms with E-state index in [1.54, 1.807) is 7.11 Å². The van der Waals surface area contributed by atoms with E-state index in [4.69, 9.17) is 10.5 Å². The van der Waals surface area contributed by atoms with Crippen molar-refractivity contribution in [2.45, 2.75) is 13.3 Å². The molecule has 1 aromatic rings. The number of hydrogen-bond acceptors (Lipinski definition) is 4. The fourth-order valence-electron chi connectivity index (χ4n) is 2.67. The Labute approximate surface area is 126 Å². The van der Waals surface area contributed by atoms with Crippen molar-refractivity contribution in [1.29, 1.82) is 0 Å². The summed E-state index contributed by atoms with van der Waals surface area (Å²) in [7, 11) is 1.72. The Morgan fingerprint density at radius 1 is 1.29 bits per heavy atom. The molecule has 1 amide bonds. The third kappa shape index (κ3) is 3.95. The summed E-state index contributed by atoms with van der Waals surface area (Å²) in [5, 5.41) is 0. The van der Waals surface area contributed by atoms with Crippen LogP contribution >= 0.6 is 0 Å². The van der Waals surface area contributed by atoms with Crippen LogP contribution in [0.4, 0.5) is 5.69 Å². The number of carbonyl (C=O) groups is 1. The molecule has 0 saturated carbocycles. The topological polar surface area (TPSA) is 58.8 Å². The first-order valence-electron chi connectivity index (χ1n) is 7.49. The third-order valence-electron chi connectivity index (χ3n) is 4.09. The molecule has 1 heterocycles. The number of methoxy groups -OCH3 is 1. The Balaban J connectivity index is 2.01. The van der Waals surface area contributed by atoms with Crippen molar-refractivity contribution in [3.8, 4) is 0 Å². The van der Waals surface area contributed by atoms with E-state index in [1.165, 1.54) is 0 Å². The highest BCUT2D eigenvalue weighted by Crippen LogP contribution is 2.18. The Morgan fingerprint density at radius 2 is 2.10 bits per heavy atom. The van der Waals surface area contributed by atoms with Crippen LogP contribution in [0.15, 0.2) is 18.2 Å². The van der Waals surface area contributed by atoms with Gasteiger partial charge in [0.1, 0.15) is 0 Å². The van der Waals surface area contributed by atoms with E-state index in [1.807, 2.05) is 30.0 Å². The quantitative estimate of drug-likeness (QED) is 0.851. The molecule has 5 nitrogen and oxygen atoms in total. The highest BCUT2D eigenvalue weighted by molar-refractivity contribution is 5.96. The molecule has 1 aliphatic heterocycles. The van der Waals surface area contributed by atoms with Crippen molar-refractivity contribution in [3.63, 3.8) is 0 Å². The van der Waals surface area contributed by atoms with Crippen molar-refractivity contribution in [2.24, 2.45) is 0 Å². The van der Waals surface area contributed by atoms with Gasteiger partial charge in [-0.15, -0.1) is 0 Å². The minimum absolute atomic E-state index is 0.0911. The van der Waals surface area contributed by atoms with E-state index < -0.39 is 0 Å². The van der Waals surface area contributed by atoms with Crippen molar-refractivity contribution in [2.75, 3.05) is 52.2 Å². The number of nitrogens with two attached hydrogens (primary N) is 1. The molecule has 1 fully saturated rings. The Bertz CT molecular complexity index is 490. The molecule has 0 radical (unpaired) electrons. The summed E-state index contributed by atoms with van der Waals surface area (Å²) in [6.45, 7) is 7.05. The van der Waals surface area contributed by atoms with E-state index in [0.29, 0.717) is 5.69 Å². The van der Waals surface area contributed by atoms with E-state index in [9.17, 15) is 4.79 Å². The average molecular weight is 291 g/mol.